The van der Waals surface area contributed by atoms with Crippen molar-refractivity contribution in [1.82, 2.24) is 20.0 Å². The van der Waals surface area contributed by atoms with Gasteiger partial charge in [0.25, 0.3) is 5.91 Å². The molecule has 0 bridgehead atoms. The maximum atomic E-state index is 12.8. The largest absolute Gasteiger partial charge is 0.492 e. The fraction of sp³-hybridized carbons (Fsp3) is 0.333. The summed E-state index contributed by atoms with van der Waals surface area (Å²) in [4.78, 5) is 18.2. The number of carbonyl (C=O) groups is 1. The van der Waals surface area contributed by atoms with Gasteiger partial charge in [0.2, 0.25) is 0 Å². The number of H-pyrrole nitrogens is 1. The molecule has 3 aliphatic heterocycles. The number of aromatic nitrogens is 4. The molecule has 1 N–H and O–H groups in total. The van der Waals surface area contributed by atoms with Crippen LogP contribution in [0, 0.1) is 6.92 Å². The van der Waals surface area contributed by atoms with Crippen molar-refractivity contribution in [1.29, 1.82) is 0 Å². The zero-order valence-corrected chi connectivity index (χ0v) is 15.0. The standard InChI is InChI=1S/C18H17N5O2S/c1-10-12(8-19-22-10)16-15-14-11(4-2-7-25-15)13(9-23-6-3-5-20-23)21-18(24)17(14)26-16/h3,5-6,8,17H,2,4,7,9H2,1H3,(H,19,22). The van der Waals surface area contributed by atoms with E-state index in [0.717, 1.165) is 51.6 Å². The highest BCUT2D eigenvalue weighted by molar-refractivity contribution is 8.10. The van der Waals surface area contributed by atoms with Crippen LogP contribution in [0.15, 0.2) is 46.6 Å². The van der Waals surface area contributed by atoms with E-state index in [9.17, 15) is 4.79 Å². The predicted octanol–water partition coefficient (Wildman–Crippen LogP) is 2.49. The van der Waals surface area contributed by atoms with E-state index >= 15 is 0 Å². The van der Waals surface area contributed by atoms with Gasteiger partial charge in [-0.15, -0.1) is 11.8 Å². The van der Waals surface area contributed by atoms with Crippen LogP contribution in [0.3, 0.4) is 0 Å². The summed E-state index contributed by atoms with van der Waals surface area (Å²) in [7, 11) is 0. The van der Waals surface area contributed by atoms with E-state index < -0.39 is 0 Å². The molecule has 2 aromatic heterocycles. The van der Waals surface area contributed by atoms with Crippen molar-refractivity contribution >= 4 is 28.3 Å². The molecule has 0 saturated carbocycles. The lowest BCUT2D eigenvalue weighted by atomic mass is 9.92. The zero-order valence-electron chi connectivity index (χ0n) is 14.2. The van der Waals surface area contributed by atoms with Gasteiger partial charge in [0, 0.05) is 29.2 Å². The molecule has 1 unspecified atom stereocenters. The fourth-order valence-corrected chi connectivity index (χ4v) is 5.01. The van der Waals surface area contributed by atoms with E-state index in [1.807, 2.05) is 19.2 Å². The molecule has 0 aromatic carbocycles. The van der Waals surface area contributed by atoms with Gasteiger partial charge < -0.3 is 4.74 Å². The molecule has 3 aliphatic rings. The summed E-state index contributed by atoms with van der Waals surface area (Å²) in [5.74, 6) is 0.716. The SMILES string of the molecule is Cc1[nH]ncc1C1=C2OCCCC3=C2C(S1)C(=O)N=C3Cn1cccn1. The van der Waals surface area contributed by atoms with Crippen molar-refractivity contribution in [2.24, 2.45) is 4.99 Å². The summed E-state index contributed by atoms with van der Waals surface area (Å²) in [6.45, 7) is 3.12. The van der Waals surface area contributed by atoms with Crippen molar-refractivity contribution in [2.75, 3.05) is 6.61 Å². The third-order valence-corrected chi connectivity index (χ3v) is 6.17. The van der Waals surface area contributed by atoms with Crippen molar-refractivity contribution in [3.8, 4) is 0 Å². The second-order valence-electron chi connectivity index (χ2n) is 6.51. The van der Waals surface area contributed by atoms with Crippen LogP contribution < -0.4 is 0 Å². The van der Waals surface area contributed by atoms with E-state index in [4.69, 9.17) is 4.74 Å². The third-order valence-electron chi connectivity index (χ3n) is 4.85. The zero-order chi connectivity index (χ0) is 17.7. The molecule has 5 rings (SSSR count). The number of nitrogens with zero attached hydrogens (tertiary/aromatic N) is 4. The first-order valence-electron chi connectivity index (χ1n) is 8.59. The smallest absolute Gasteiger partial charge is 0.264 e. The van der Waals surface area contributed by atoms with Crippen molar-refractivity contribution in [3.05, 3.63) is 52.8 Å². The number of rotatable bonds is 3. The maximum Gasteiger partial charge on any atom is 0.264 e. The Balaban J connectivity index is 1.65. The molecule has 7 nitrogen and oxygen atoms in total. The lowest BCUT2D eigenvalue weighted by molar-refractivity contribution is -0.116. The highest BCUT2D eigenvalue weighted by Gasteiger charge is 2.44. The molecule has 1 atom stereocenters. The second kappa shape index (κ2) is 5.98. The normalized spacial score (nSPS) is 22.3. The van der Waals surface area contributed by atoms with Gasteiger partial charge in [0.05, 0.1) is 30.0 Å². The summed E-state index contributed by atoms with van der Waals surface area (Å²) in [5.41, 5.74) is 4.92. The average Bonchev–Trinajstić information content (AvgIpc) is 3.32. The van der Waals surface area contributed by atoms with Crippen LogP contribution in [-0.4, -0.2) is 43.5 Å². The van der Waals surface area contributed by atoms with Crippen molar-refractivity contribution in [3.63, 3.8) is 0 Å². The summed E-state index contributed by atoms with van der Waals surface area (Å²) in [5, 5.41) is 11.0. The molecule has 0 aliphatic carbocycles. The maximum absolute atomic E-state index is 12.8. The Morgan fingerprint density at radius 1 is 1.46 bits per heavy atom. The van der Waals surface area contributed by atoms with Crippen LogP contribution in [0.2, 0.25) is 0 Å². The van der Waals surface area contributed by atoms with E-state index in [1.165, 1.54) is 11.8 Å². The first-order valence-corrected chi connectivity index (χ1v) is 9.47. The minimum atomic E-state index is -0.316. The quantitative estimate of drug-likeness (QED) is 0.901. The first kappa shape index (κ1) is 15.6. The third kappa shape index (κ3) is 2.36. The van der Waals surface area contributed by atoms with E-state index in [-0.39, 0.29) is 11.2 Å². The molecule has 26 heavy (non-hydrogen) atoms. The van der Waals surface area contributed by atoms with Crippen molar-refractivity contribution in [2.45, 2.75) is 31.6 Å². The van der Waals surface area contributed by atoms with Crippen LogP contribution in [0.25, 0.3) is 4.91 Å². The molecule has 132 valence electrons. The molecular weight excluding hydrogens is 350 g/mol. The highest BCUT2D eigenvalue weighted by Crippen LogP contribution is 2.52. The van der Waals surface area contributed by atoms with Crippen LogP contribution in [0.1, 0.15) is 24.1 Å². The van der Waals surface area contributed by atoms with Gasteiger partial charge >= 0.3 is 0 Å². The lowest BCUT2D eigenvalue weighted by Crippen LogP contribution is -2.28. The number of carbonyl (C=O) groups excluding carboxylic acids is 1. The average molecular weight is 367 g/mol. The van der Waals surface area contributed by atoms with E-state index in [2.05, 4.69) is 20.3 Å². The Morgan fingerprint density at radius 3 is 3.15 bits per heavy atom. The predicted molar refractivity (Wildman–Crippen MR) is 98.5 cm³/mol. The number of aliphatic imine (C=N–C) groups is 1. The number of allylic oxidation sites excluding steroid dienone is 2. The Morgan fingerprint density at radius 2 is 2.38 bits per heavy atom. The molecule has 0 spiro atoms. The molecule has 0 fully saturated rings. The first-order chi connectivity index (χ1) is 12.7. The molecule has 0 radical (unpaired) electrons. The monoisotopic (exact) mass is 367 g/mol. The van der Waals surface area contributed by atoms with Gasteiger partial charge in [-0.3, -0.25) is 14.6 Å². The van der Waals surface area contributed by atoms with E-state index in [1.54, 1.807) is 17.1 Å². The fourth-order valence-electron chi connectivity index (χ4n) is 3.64. The Bertz CT molecular complexity index is 983. The summed E-state index contributed by atoms with van der Waals surface area (Å²) < 4.78 is 7.92. The van der Waals surface area contributed by atoms with Crippen LogP contribution in [0.4, 0.5) is 0 Å². The van der Waals surface area contributed by atoms with Crippen molar-refractivity contribution < 1.29 is 9.53 Å². The number of hydrogen-bond acceptors (Lipinski definition) is 5. The molecule has 0 saturated heterocycles. The molecule has 5 heterocycles. The number of dihydropyridines is 1. The van der Waals surface area contributed by atoms with Gasteiger partial charge in [0.1, 0.15) is 11.0 Å². The Labute approximate surface area is 154 Å². The minimum Gasteiger partial charge on any atom is -0.492 e. The lowest BCUT2D eigenvalue weighted by Gasteiger charge is -2.21. The topological polar surface area (TPSA) is 85.2 Å². The number of hydrogen-bond donors (Lipinski definition) is 1. The minimum absolute atomic E-state index is 0.116. The van der Waals surface area contributed by atoms with Gasteiger partial charge in [0.15, 0.2) is 0 Å². The summed E-state index contributed by atoms with van der Waals surface area (Å²) in [6, 6.07) is 1.87. The van der Waals surface area contributed by atoms with Crippen LogP contribution in [-0.2, 0) is 16.1 Å². The molecule has 1 amide bonds. The Hall–Kier alpha value is -2.61. The number of amides is 1. The van der Waals surface area contributed by atoms with Crippen LogP contribution >= 0.6 is 11.8 Å². The molecule has 8 heteroatoms. The number of aryl methyl sites for hydroxylation is 1. The Kier molecular flexibility index (Phi) is 3.59. The number of aromatic amines is 1. The summed E-state index contributed by atoms with van der Waals surface area (Å²) >= 11 is 1.53. The second-order valence-corrected chi connectivity index (χ2v) is 7.62. The van der Waals surface area contributed by atoms with Gasteiger partial charge in [-0.1, -0.05) is 0 Å². The molecular formula is C18H17N5O2S. The van der Waals surface area contributed by atoms with Gasteiger partial charge in [-0.05, 0) is 31.4 Å². The number of thioether (sulfide) groups is 1. The number of ether oxygens (including phenoxy) is 1. The van der Waals surface area contributed by atoms with Gasteiger partial charge in [-0.2, -0.15) is 10.2 Å². The van der Waals surface area contributed by atoms with Crippen LogP contribution in [0.5, 0.6) is 0 Å². The summed E-state index contributed by atoms with van der Waals surface area (Å²) in [6.07, 6.45) is 7.19. The van der Waals surface area contributed by atoms with E-state index in [0.29, 0.717) is 13.2 Å². The number of nitrogens with one attached hydrogen (secondary N) is 1. The molecule has 2 aromatic rings. The van der Waals surface area contributed by atoms with Gasteiger partial charge in [-0.25, -0.2) is 4.99 Å². The highest BCUT2D eigenvalue weighted by atomic mass is 32.2.